The van der Waals surface area contributed by atoms with Crippen LogP contribution in [0, 0.1) is 5.92 Å². The first-order chi connectivity index (χ1) is 9.56. The highest BCUT2D eigenvalue weighted by molar-refractivity contribution is 6.35. The largest absolute Gasteiger partial charge is 0.350 e. The lowest BCUT2D eigenvalue weighted by molar-refractivity contribution is -0.156. The number of nitrogens with one attached hydrogen (secondary N) is 1. The summed E-state index contributed by atoms with van der Waals surface area (Å²) in [4.78, 5) is 38.3. The molecular weight excluding hydrogens is 296 g/mol. The van der Waals surface area contributed by atoms with E-state index in [4.69, 9.17) is 5.73 Å². The number of rotatable bonds is 6. The number of carbonyl (C=O) groups is 3. The predicted octanol–water partition coefficient (Wildman–Crippen LogP) is -1.05. The molecule has 3 amide bonds. The van der Waals surface area contributed by atoms with E-state index in [0.717, 1.165) is 12.8 Å². The molecule has 1 atom stereocenters. The van der Waals surface area contributed by atoms with Gasteiger partial charge in [0.2, 0.25) is 5.91 Å². The van der Waals surface area contributed by atoms with Gasteiger partial charge in [0, 0.05) is 32.2 Å². The van der Waals surface area contributed by atoms with Crippen LogP contribution in [0.3, 0.4) is 0 Å². The van der Waals surface area contributed by atoms with Crippen molar-refractivity contribution in [1.29, 1.82) is 0 Å². The summed E-state index contributed by atoms with van der Waals surface area (Å²) < 4.78 is 0. The lowest BCUT2D eigenvalue weighted by Gasteiger charge is -2.33. The lowest BCUT2D eigenvalue weighted by Crippen LogP contribution is -2.57. The molecule has 1 saturated carbocycles. The fraction of sp³-hybridized carbons (Fsp3) is 0.769. The lowest BCUT2D eigenvalue weighted by atomic mass is 10.2. The van der Waals surface area contributed by atoms with Crippen LogP contribution in [0.1, 0.15) is 19.8 Å². The summed E-state index contributed by atoms with van der Waals surface area (Å²) in [5.74, 6) is -0.884. The van der Waals surface area contributed by atoms with Crippen molar-refractivity contribution in [3.8, 4) is 0 Å². The van der Waals surface area contributed by atoms with Gasteiger partial charge in [-0.15, -0.1) is 12.4 Å². The molecule has 1 aliphatic heterocycles. The summed E-state index contributed by atoms with van der Waals surface area (Å²) in [7, 11) is 0. The maximum absolute atomic E-state index is 11.9. The maximum atomic E-state index is 11.9. The van der Waals surface area contributed by atoms with Gasteiger partial charge >= 0.3 is 11.8 Å². The minimum Gasteiger partial charge on any atom is -0.350 e. The van der Waals surface area contributed by atoms with Crippen LogP contribution < -0.4 is 11.1 Å². The van der Waals surface area contributed by atoms with Crippen molar-refractivity contribution in [3.05, 3.63) is 0 Å². The van der Waals surface area contributed by atoms with E-state index in [1.54, 1.807) is 0 Å². The van der Waals surface area contributed by atoms with E-state index in [9.17, 15) is 14.4 Å². The standard InChI is InChI=1S/C13H22N4O3.ClH/c1-2-16-5-6-17(13(20)12(16)19)8-11(18)15-10(7-14)9-3-4-9;/h9-10H,2-8,14H2,1H3,(H,15,18);1H. The number of carbonyl (C=O) groups excluding carboxylic acids is 3. The third kappa shape index (κ3) is 4.31. The minimum absolute atomic E-state index is 0. The van der Waals surface area contributed by atoms with Crippen molar-refractivity contribution in [2.75, 3.05) is 32.7 Å². The average molecular weight is 319 g/mol. The number of likely N-dealkylation sites (N-methyl/N-ethyl adjacent to an activating group) is 1. The SMILES string of the molecule is CCN1CCN(CC(=O)NC(CN)C2CC2)C(=O)C1=O.Cl. The highest BCUT2D eigenvalue weighted by Crippen LogP contribution is 2.32. The molecular formula is C13H23ClN4O3. The fourth-order valence-corrected chi connectivity index (χ4v) is 2.46. The highest BCUT2D eigenvalue weighted by Gasteiger charge is 2.34. The fourth-order valence-electron chi connectivity index (χ4n) is 2.46. The number of hydrogen-bond acceptors (Lipinski definition) is 4. The van der Waals surface area contributed by atoms with Crippen LogP contribution in [0.25, 0.3) is 0 Å². The molecule has 0 aromatic rings. The molecule has 0 bridgehead atoms. The molecule has 7 nitrogen and oxygen atoms in total. The van der Waals surface area contributed by atoms with Crippen LogP contribution in [0.4, 0.5) is 0 Å². The molecule has 0 aromatic carbocycles. The molecule has 1 unspecified atom stereocenters. The van der Waals surface area contributed by atoms with Gasteiger partial charge in [-0.1, -0.05) is 0 Å². The first kappa shape index (κ1) is 17.7. The Morgan fingerprint density at radius 3 is 2.38 bits per heavy atom. The normalized spacial score (nSPS) is 20.1. The van der Waals surface area contributed by atoms with E-state index in [-0.39, 0.29) is 30.9 Å². The van der Waals surface area contributed by atoms with Crippen molar-refractivity contribution in [2.45, 2.75) is 25.8 Å². The Kier molecular flexibility index (Phi) is 6.42. The zero-order valence-corrected chi connectivity index (χ0v) is 13.0. The number of piperazine rings is 1. The van der Waals surface area contributed by atoms with Crippen LogP contribution >= 0.6 is 12.4 Å². The third-order valence-electron chi connectivity index (χ3n) is 3.90. The topological polar surface area (TPSA) is 95.7 Å². The molecule has 1 aliphatic carbocycles. The van der Waals surface area contributed by atoms with Gasteiger partial charge in [-0.2, -0.15) is 0 Å². The van der Waals surface area contributed by atoms with Crippen LogP contribution in [0.5, 0.6) is 0 Å². The van der Waals surface area contributed by atoms with Crippen LogP contribution in [0.2, 0.25) is 0 Å². The molecule has 120 valence electrons. The first-order valence-corrected chi connectivity index (χ1v) is 7.14. The Morgan fingerprint density at radius 1 is 1.29 bits per heavy atom. The first-order valence-electron chi connectivity index (χ1n) is 7.14. The number of nitrogens with zero attached hydrogens (tertiary/aromatic N) is 2. The van der Waals surface area contributed by atoms with Gasteiger partial charge < -0.3 is 20.9 Å². The van der Waals surface area contributed by atoms with Crippen LogP contribution in [-0.4, -0.2) is 66.3 Å². The van der Waals surface area contributed by atoms with E-state index in [1.165, 1.54) is 9.80 Å². The molecule has 1 heterocycles. The number of hydrogen-bond donors (Lipinski definition) is 2. The van der Waals surface area contributed by atoms with Gasteiger partial charge in [0.1, 0.15) is 6.54 Å². The van der Waals surface area contributed by atoms with E-state index in [2.05, 4.69) is 5.32 Å². The summed E-state index contributed by atoms with van der Waals surface area (Å²) in [6.07, 6.45) is 2.18. The molecule has 0 aromatic heterocycles. The van der Waals surface area contributed by atoms with Gasteiger partial charge in [-0.05, 0) is 25.7 Å². The average Bonchev–Trinajstić information content (AvgIpc) is 3.26. The number of halogens is 1. The van der Waals surface area contributed by atoms with Gasteiger partial charge in [0.15, 0.2) is 0 Å². The van der Waals surface area contributed by atoms with E-state index >= 15 is 0 Å². The molecule has 8 heteroatoms. The summed E-state index contributed by atoms with van der Waals surface area (Å²) >= 11 is 0. The minimum atomic E-state index is -0.594. The smallest absolute Gasteiger partial charge is 0.312 e. The zero-order valence-electron chi connectivity index (χ0n) is 12.2. The van der Waals surface area contributed by atoms with Crippen molar-refractivity contribution < 1.29 is 14.4 Å². The van der Waals surface area contributed by atoms with Crippen molar-refractivity contribution in [1.82, 2.24) is 15.1 Å². The molecule has 0 radical (unpaired) electrons. The second-order valence-corrected chi connectivity index (χ2v) is 5.36. The molecule has 1 saturated heterocycles. The van der Waals surface area contributed by atoms with Crippen molar-refractivity contribution in [3.63, 3.8) is 0 Å². The van der Waals surface area contributed by atoms with Crippen LogP contribution in [-0.2, 0) is 14.4 Å². The van der Waals surface area contributed by atoms with E-state index in [1.807, 2.05) is 6.92 Å². The molecule has 0 spiro atoms. The molecule has 2 fully saturated rings. The third-order valence-corrected chi connectivity index (χ3v) is 3.90. The van der Waals surface area contributed by atoms with Crippen molar-refractivity contribution >= 4 is 30.1 Å². The van der Waals surface area contributed by atoms with Gasteiger partial charge in [-0.3, -0.25) is 14.4 Å². The highest BCUT2D eigenvalue weighted by atomic mass is 35.5. The van der Waals surface area contributed by atoms with Crippen LogP contribution in [0.15, 0.2) is 0 Å². The molecule has 2 aliphatic rings. The Morgan fingerprint density at radius 2 is 1.86 bits per heavy atom. The van der Waals surface area contributed by atoms with E-state index < -0.39 is 11.8 Å². The number of nitrogens with two attached hydrogens (primary N) is 1. The molecule has 2 rings (SSSR count). The molecule has 3 N–H and O–H groups in total. The predicted molar refractivity (Wildman–Crippen MR) is 79.8 cm³/mol. The Bertz CT molecular complexity index is 414. The quantitative estimate of drug-likeness (QED) is 0.611. The Balaban J connectivity index is 0.00000220. The summed E-state index contributed by atoms with van der Waals surface area (Å²) in [5.41, 5.74) is 5.62. The Labute approximate surface area is 130 Å². The van der Waals surface area contributed by atoms with Gasteiger partial charge in [0.25, 0.3) is 0 Å². The number of amides is 3. The van der Waals surface area contributed by atoms with Gasteiger partial charge in [-0.25, -0.2) is 0 Å². The summed E-state index contributed by atoms with van der Waals surface area (Å²) in [5, 5.41) is 2.85. The maximum Gasteiger partial charge on any atom is 0.312 e. The summed E-state index contributed by atoms with van der Waals surface area (Å²) in [6, 6.07) is -0.00904. The van der Waals surface area contributed by atoms with E-state index in [0.29, 0.717) is 32.1 Å². The van der Waals surface area contributed by atoms with Crippen molar-refractivity contribution in [2.24, 2.45) is 11.7 Å². The second-order valence-electron chi connectivity index (χ2n) is 5.36. The molecule has 21 heavy (non-hydrogen) atoms. The van der Waals surface area contributed by atoms with Gasteiger partial charge in [0.05, 0.1) is 0 Å². The monoisotopic (exact) mass is 318 g/mol. The second kappa shape index (κ2) is 7.61. The Hall–Kier alpha value is -1.34. The zero-order chi connectivity index (χ0) is 14.7. The summed E-state index contributed by atoms with van der Waals surface area (Å²) in [6.45, 7) is 3.58.